The summed E-state index contributed by atoms with van der Waals surface area (Å²) in [6.45, 7) is 11.2. The molecule has 0 aromatic heterocycles. The smallest absolute Gasteiger partial charge is 0.0419 e. The van der Waals surface area contributed by atoms with E-state index < -0.39 is 0 Å². The van der Waals surface area contributed by atoms with Crippen LogP contribution in [0.2, 0.25) is 0 Å². The molecule has 1 heterocycles. The Kier molecular flexibility index (Phi) is 8.33. The predicted molar refractivity (Wildman–Crippen MR) is 100 cm³/mol. The molecule has 3 nitrogen and oxygen atoms in total. The van der Waals surface area contributed by atoms with E-state index in [0.29, 0.717) is 6.04 Å². The van der Waals surface area contributed by atoms with E-state index in [1.807, 2.05) is 0 Å². The molecule has 0 N–H and O–H groups in total. The first kappa shape index (κ1) is 18.2. The zero-order chi connectivity index (χ0) is 16.3. The van der Waals surface area contributed by atoms with E-state index in [-0.39, 0.29) is 0 Å². The van der Waals surface area contributed by atoms with Crippen LogP contribution in [0.4, 0.5) is 0 Å². The van der Waals surface area contributed by atoms with E-state index >= 15 is 0 Å². The second-order valence-electron chi connectivity index (χ2n) is 6.65. The van der Waals surface area contributed by atoms with E-state index in [0.717, 1.165) is 39.3 Å². The Morgan fingerprint density at radius 2 is 1.78 bits per heavy atom. The number of aliphatic imine (C=N–C) groups is 1. The van der Waals surface area contributed by atoms with Gasteiger partial charge < -0.3 is 0 Å². The van der Waals surface area contributed by atoms with Crippen LogP contribution in [-0.2, 0) is 6.54 Å². The Morgan fingerprint density at radius 3 is 2.48 bits per heavy atom. The Labute approximate surface area is 142 Å². The molecule has 0 radical (unpaired) electrons. The van der Waals surface area contributed by atoms with Crippen LogP contribution in [0.1, 0.15) is 45.1 Å². The van der Waals surface area contributed by atoms with Gasteiger partial charge in [0.25, 0.3) is 0 Å². The fourth-order valence-electron chi connectivity index (χ4n) is 3.12. The van der Waals surface area contributed by atoms with Crippen molar-refractivity contribution in [3.63, 3.8) is 0 Å². The lowest BCUT2D eigenvalue weighted by Crippen LogP contribution is -2.49. The fraction of sp³-hybridized carbons (Fsp3) is 0.650. The molecular formula is C20H33N3. The Bertz CT molecular complexity index is 435. The third kappa shape index (κ3) is 6.84. The number of unbranched alkanes of at least 4 members (excludes halogenated alkanes) is 3. The maximum Gasteiger partial charge on any atom is 0.0419 e. The molecule has 2 rings (SSSR count). The summed E-state index contributed by atoms with van der Waals surface area (Å²) in [5.41, 5.74) is 1.42. The van der Waals surface area contributed by atoms with Gasteiger partial charge in [-0.1, -0.05) is 56.5 Å². The zero-order valence-corrected chi connectivity index (χ0v) is 15.0. The van der Waals surface area contributed by atoms with Crippen LogP contribution in [0.3, 0.4) is 0 Å². The molecule has 1 aliphatic rings. The lowest BCUT2D eigenvalue weighted by atomic mass is 10.2. The van der Waals surface area contributed by atoms with Gasteiger partial charge in [0, 0.05) is 51.5 Å². The van der Waals surface area contributed by atoms with Crippen molar-refractivity contribution in [2.45, 2.75) is 52.1 Å². The van der Waals surface area contributed by atoms with E-state index in [1.54, 1.807) is 0 Å². The summed E-state index contributed by atoms with van der Waals surface area (Å²) in [5.74, 6) is 0. The molecule has 0 spiro atoms. The maximum atomic E-state index is 4.62. The van der Waals surface area contributed by atoms with Crippen LogP contribution < -0.4 is 0 Å². The molecule has 1 aliphatic heterocycles. The number of nitrogens with zero attached hydrogens (tertiary/aromatic N) is 3. The molecule has 1 saturated heterocycles. The third-order valence-electron chi connectivity index (χ3n) is 4.69. The van der Waals surface area contributed by atoms with Crippen molar-refractivity contribution >= 4 is 6.21 Å². The SMILES string of the molecule is CCCCCCN=CC(C)N1CCN(Cc2ccccc2)CC1. The first-order chi connectivity index (χ1) is 11.3. The van der Waals surface area contributed by atoms with Crippen molar-refractivity contribution in [3.8, 4) is 0 Å². The first-order valence-electron chi connectivity index (χ1n) is 9.30. The van der Waals surface area contributed by atoms with Crippen molar-refractivity contribution in [1.82, 2.24) is 9.80 Å². The standard InChI is InChI=1S/C20H33N3/c1-3-4-5-9-12-21-17-19(2)23-15-13-22(14-16-23)18-20-10-7-6-8-11-20/h6-8,10-11,17,19H,3-5,9,12-16,18H2,1-2H3. The predicted octanol–water partition coefficient (Wildman–Crippen LogP) is 3.84. The summed E-state index contributed by atoms with van der Waals surface area (Å²) in [5, 5.41) is 0. The van der Waals surface area contributed by atoms with Crippen LogP contribution in [0.15, 0.2) is 35.3 Å². The van der Waals surface area contributed by atoms with E-state index in [9.17, 15) is 0 Å². The number of hydrogen-bond donors (Lipinski definition) is 0. The van der Waals surface area contributed by atoms with Gasteiger partial charge in [0.2, 0.25) is 0 Å². The van der Waals surface area contributed by atoms with Crippen molar-refractivity contribution in [2.75, 3.05) is 32.7 Å². The summed E-state index contributed by atoms with van der Waals surface area (Å²) >= 11 is 0. The topological polar surface area (TPSA) is 18.8 Å². The highest BCUT2D eigenvalue weighted by atomic mass is 15.3. The molecular weight excluding hydrogens is 282 g/mol. The van der Waals surface area contributed by atoms with Crippen molar-refractivity contribution in [1.29, 1.82) is 0 Å². The van der Waals surface area contributed by atoms with Crippen molar-refractivity contribution in [3.05, 3.63) is 35.9 Å². The minimum absolute atomic E-state index is 0.472. The highest BCUT2D eigenvalue weighted by molar-refractivity contribution is 5.63. The van der Waals surface area contributed by atoms with Crippen LogP contribution in [-0.4, -0.2) is 54.8 Å². The van der Waals surface area contributed by atoms with Crippen molar-refractivity contribution < 1.29 is 0 Å². The lowest BCUT2D eigenvalue weighted by molar-refractivity contribution is 0.118. The van der Waals surface area contributed by atoms with Crippen LogP contribution in [0.5, 0.6) is 0 Å². The van der Waals surface area contributed by atoms with Gasteiger partial charge in [0.15, 0.2) is 0 Å². The molecule has 1 unspecified atom stereocenters. The highest BCUT2D eigenvalue weighted by Crippen LogP contribution is 2.10. The monoisotopic (exact) mass is 315 g/mol. The molecule has 1 aromatic carbocycles. The van der Waals surface area contributed by atoms with E-state index in [1.165, 1.54) is 31.2 Å². The molecule has 1 atom stereocenters. The zero-order valence-electron chi connectivity index (χ0n) is 15.0. The van der Waals surface area contributed by atoms with Gasteiger partial charge in [-0.05, 0) is 18.9 Å². The minimum Gasteiger partial charge on any atom is -0.297 e. The number of benzene rings is 1. The number of hydrogen-bond acceptors (Lipinski definition) is 3. The van der Waals surface area contributed by atoms with E-state index in [2.05, 4.69) is 65.2 Å². The summed E-state index contributed by atoms with van der Waals surface area (Å²) < 4.78 is 0. The molecule has 128 valence electrons. The molecule has 0 saturated carbocycles. The van der Waals surface area contributed by atoms with Gasteiger partial charge in [-0.25, -0.2) is 0 Å². The summed E-state index contributed by atoms with van der Waals surface area (Å²) in [6.07, 6.45) is 7.36. The average Bonchev–Trinajstić information content (AvgIpc) is 2.59. The molecule has 0 bridgehead atoms. The molecule has 23 heavy (non-hydrogen) atoms. The molecule has 0 amide bonds. The van der Waals surface area contributed by atoms with Crippen molar-refractivity contribution in [2.24, 2.45) is 4.99 Å². The van der Waals surface area contributed by atoms with Gasteiger partial charge in [-0.15, -0.1) is 0 Å². The van der Waals surface area contributed by atoms with Gasteiger partial charge >= 0.3 is 0 Å². The molecule has 0 aliphatic carbocycles. The number of piperazine rings is 1. The third-order valence-corrected chi connectivity index (χ3v) is 4.69. The first-order valence-corrected chi connectivity index (χ1v) is 9.30. The lowest BCUT2D eigenvalue weighted by Gasteiger charge is -2.36. The second-order valence-corrected chi connectivity index (χ2v) is 6.65. The molecule has 1 aromatic rings. The largest absolute Gasteiger partial charge is 0.297 e. The van der Waals surface area contributed by atoms with Crippen LogP contribution in [0.25, 0.3) is 0 Å². The van der Waals surface area contributed by atoms with Gasteiger partial charge in [0.05, 0.1) is 0 Å². The summed E-state index contributed by atoms with van der Waals surface area (Å²) in [6, 6.07) is 11.3. The summed E-state index contributed by atoms with van der Waals surface area (Å²) in [7, 11) is 0. The van der Waals surface area contributed by atoms with Gasteiger partial charge in [0.1, 0.15) is 0 Å². The Morgan fingerprint density at radius 1 is 1.04 bits per heavy atom. The second kappa shape index (κ2) is 10.6. The Hall–Kier alpha value is -1.19. The molecule has 3 heteroatoms. The fourth-order valence-corrected chi connectivity index (χ4v) is 3.12. The number of rotatable bonds is 9. The van der Waals surface area contributed by atoms with E-state index in [4.69, 9.17) is 0 Å². The van der Waals surface area contributed by atoms with Crippen LogP contribution in [0, 0.1) is 0 Å². The van der Waals surface area contributed by atoms with Crippen LogP contribution >= 0.6 is 0 Å². The van der Waals surface area contributed by atoms with Gasteiger partial charge in [-0.2, -0.15) is 0 Å². The minimum atomic E-state index is 0.472. The average molecular weight is 316 g/mol. The normalized spacial score (nSPS) is 18.5. The molecule has 1 fully saturated rings. The summed E-state index contributed by atoms with van der Waals surface area (Å²) in [4.78, 5) is 9.73. The van der Waals surface area contributed by atoms with Gasteiger partial charge in [-0.3, -0.25) is 14.8 Å². The Balaban J connectivity index is 1.64. The quantitative estimate of drug-likeness (QED) is 0.509. The highest BCUT2D eigenvalue weighted by Gasteiger charge is 2.19. The maximum absolute atomic E-state index is 4.62.